The fourth-order valence-corrected chi connectivity index (χ4v) is 3.84. The molecule has 4 rings (SSSR count). The van der Waals surface area contributed by atoms with Crippen LogP contribution in [0.25, 0.3) is 5.57 Å². The number of rotatable bonds is 6. The molecule has 4 N–H and O–H groups in total. The maximum atomic E-state index is 14.3. The number of allylic oxidation sites excluding steroid dienone is 3. The van der Waals surface area contributed by atoms with E-state index in [4.69, 9.17) is 16.2 Å². The van der Waals surface area contributed by atoms with Gasteiger partial charge >= 0.3 is 6.18 Å². The molecule has 10 heteroatoms. The monoisotopic (exact) mass is 498 g/mol. The summed E-state index contributed by atoms with van der Waals surface area (Å²) in [5.41, 5.74) is 14.1. The van der Waals surface area contributed by atoms with Gasteiger partial charge in [0.15, 0.2) is 11.6 Å². The summed E-state index contributed by atoms with van der Waals surface area (Å²) < 4.78 is 58.2. The number of carbonyl (C=O) groups excluding carboxylic acids is 1. The van der Waals surface area contributed by atoms with Crippen molar-refractivity contribution in [3.63, 3.8) is 0 Å². The van der Waals surface area contributed by atoms with E-state index in [2.05, 4.69) is 4.98 Å². The van der Waals surface area contributed by atoms with Crippen molar-refractivity contribution in [1.82, 2.24) is 9.88 Å². The first-order chi connectivity index (χ1) is 17.1. The van der Waals surface area contributed by atoms with Crippen LogP contribution in [0.5, 0.6) is 11.6 Å². The van der Waals surface area contributed by atoms with E-state index >= 15 is 0 Å². The van der Waals surface area contributed by atoms with Gasteiger partial charge < -0.3 is 21.1 Å². The van der Waals surface area contributed by atoms with Crippen LogP contribution in [0.2, 0.25) is 0 Å². The normalized spacial score (nSPS) is 14.2. The van der Waals surface area contributed by atoms with E-state index in [1.165, 1.54) is 12.4 Å². The quantitative estimate of drug-likeness (QED) is 0.353. The van der Waals surface area contributed by atoms with Gasteiger partial charge in [-0.25, -0.2) is 9.37 Å². The van der Waals surface area contributed by atoms with E-state index in [0.717, 1.165) is 22.8 Å². The lowest BCUT2D eigenvalue weighted by molar-refractivity contribution is -0.137. The molecule has 6 nitrogen and oxygen atoms in total. The molecule has 0 aliphatic carbocycles. The maximum Gasteiger partial charge on any atom is 0.416 e. The number of pyridine rings is 1. The van der Waals surface area contributed by atoms with Crippen LogP contribution in [-0.4, -0.2) is 15.8 Å². The van der Waals surface area contributed by atoms with Crippen LogP contribution in [0.4, 0.5) is 17.6 Å². The van der Waals surface area contributed by atoms with Crippen LogP contribution in [0.1, 0.15) is 39.5 Å². The zero-order chi connectivity index (χ0) is 26.0. The number of nitrogens with two attached hydrogens (primary N) is 2. The van der Waals surface area contributed by atoms with Crippen molar-refractivity contribution in [2.75, 3.05) is 0 Å². The third kappa shape index (κ3) is 5.17. The summed E-state index contributed by atoms with van der Waals surface area (Å²) in [6, 6.07) is 11.0. The molecule has 36 heavy (non-hydrogen) atoms. The van der Waals surface area contributed by atoms with Gasteiger partial charge in [0.25, 0.3) is 5.91 Å². The minimum Gasteiger partial charge on any atom is -0.435 e. The van der Waals surface area contributed by atoms with Gasteiger partial charge in [0.1, 0.15) is 5.56 Å². The molecule has 1 amide bonds. The van der Waals surface area contributed by atoms with E-state index in [9.17, 15) is 22.4 Å². The maximum absolute atomic E-state index is 14.3. The van der Waals surface area contributed by atoms with Gasteiger partial charge in [0.05, 0.1) is 5.56 Å². The first kappa shape index (κ1) is 24.8. The standard InChI is InChI=1S/C26H22F4N4O2/c1-15(32)10-19(12-31)17-4-2-16(3-5-17)13-34-14-18-8-9-33-24(23(18)25(34)35)36-22-7-6-20(11-21(22)27)26(28,29)30/h2-12H,13-14,31-32H2,1H3/b15-10-,19-12+. The fraction of sp³-hybridized carbons (Fsp3) is 0.154. The molecule has 0 bridgehead atoms. The van der Waals surface area contributed by atoms with Gasteiger partial charge in [-0.15, -0.1) is 0 Å². The van der Waals surface area contributed by atoms with Gasteiger partial charge in [-0.1, -0.05) is 24.3 Å². The summed E-state index contributed by atoms with van der Waals surface area (Å²) in [5.74, 6) is -2.22. The number of nitrogens with zero attached hydrogens (tertiary/aromatic N) is 2. The molecule has 0 fully saturated rings. The van der Waals surface area contributed by atoms with E-state index in [1.807, 2.05) is 24.3 Å². The Balaban J connectivity index is 1.52. The van der Waals surface area contributed by atoms with Gasteiger partial charge in [-0.3, -0.25) is 4.79 Å². The van der Waals surface area contributed by atoms with Crippen LogP contribution in [0.15, 0.2) is 72.7 Å². The molecule has 0 unspecified atom stereocenters. The number of alkyl halides is 3. The van der Waals surface area contributed by atoms with Crippen molar-refractivity contribution < 1.29 is 27.1 Å². The van der Waals surface area contributed by atoms with E-state index < -0.39 is 23.3 Å². The first-order valence-electron chi connectivity index (χ1n) is 10.8. The van der Waals surface area contributed by atoms with E-state index in [1.54, 1.807) is 24.0 Å². The second-order valence-electron chi connectivity index (χ2n) is 8.26. The van der Waals surface area contributed by atoms with Crippen molar-refractivity contribution in [2.45, 2.75) is 26.2 Å². The zero-order valence-electron chi connectivity index (χ0n) is 19.1. The summed E-state index contributed by atoms with van der Waals surface area (Å²) >= 11 is 0. The van der Waals surface area contributed by atoms with Crippen molar-refractivity contribution in [3.8, 4) is 11.6 Å². The van der Waals surface area contributed by atoms with E-state index in [-0.39, 0.29) is 30.4 Å². The van der Waals surface area contributed by atoms with Crippen molar-refractivity contribution in [2.24, 2.45) is 11.5 Å². The Bertz CT molecular complexity index is 1360. The Morgan fingerprint density at radius 2 is 1.89 bits per heavy atom. The lowest BCUT2D eigenvalue weighted by Crippen LogP contribution is -2.23. The molecule has 1 aromatic heterocycles. The predicted molar refractivity (Wildman–Crippen MR) is 126 cm³/mol. The molecule has 2 heterocycles. The highest BCUT2D eigenvalue weighted by Gasteiger charge is 2.33. The Labute approximate surface area is 204 Å². The first-order valence-corrected chi connectivity index (χ1v) is 10.8. The highest BCUT2D eigenvalue weighted by molar-refractivity contribution is 6.00. The molecule has 0 saturated heterocycles. The number of benzene rings is 2. The molecule has 1 aliphatic rings. The summed E-state index contributed by atoms with van der Waals surface area (Å²) in [7, 11) is 0. The highest BCUT2D eigenvalue weighted by atomic mass is 19.4. The molecule has 0 spiro atoms. The number of hydrogen-bond donors (Lipinski definition) is 2. The van der Waals surface area contributed by atoms with Gasteiger partial charge in [0.2, 0.25) is 5.88 Å². The molecule has 1 aliphatic heterocycles. The lowest BCUT2D eigenvalue weighted by Gasteiger charge is -2.16. The largest absolute Gasteiger partial charge is 0.435 e. The third-order valence-electron chi connectivity index (χ3n) is 5.55. The third-order valence-corrected chi connectivity index (χ3v) is 5.55. The minimum absolute atomic E-state index is 0.144. The van der Waals surface area contributed by atoms with Gasteiger partial charge in [-0.2, -0.15) is 13.2 Å². The Hall–Kier alpha value is -4.34. The summed E-state index contributed by atoms with van der Waals surface area (Å²) in [6.45, 7) is 2.32. The zero-order valence-corrected chi connectivity index (χ0v) is 19.1. The molecular weight excluding hydrogens is 476 g/mol. The SMILES string of the molecule is C/C(N)=C/C(=C\N)c1ccc(CN2Cc3ccnc(Oc4ccc(C(F)(F)F)cc4F)c3C2=O)cc1. The Morgan fingerprint density at radius 3 is 2.50 bits per heavy atom. The average molecular weight is 498 g/mol. The molecule has 0 atom stereocenters. The fourth-order valence-electron chi connectivity index (χ4n) is 3.84. The molecule has 2 aromatic carbocycles. The molecule has 3 aromatic rings. The average Bonchev–Trinajstić information content (AvgIpc) is 3.14. The molecule has 186 valence electrons. The number of amides is 1. The van der Waals surface area contributed by atoms with Crippen LogP contribution < -0.4 is 16.2 Å². The van der Waals surface area contributed by atoms with Gasteiger partial charge in [0, 0.05) is 31.2 Å². The second-order valence-corrected chi connectivity index (χ2v) is 8.26. The van der Waals surface area contributed by atoms with Crippen molar-refractivity contribution in [1.29, 1.82) is 0 Å². The molecule has 0 radical (unpaired) electrons. The second kappa shape index (κ2) is 9.73. The predicted octanol–water partition coefficient (Wildman–Crippen LogP) is 5.35. The van der Waals surface area contributed by atoms with Crippen LogP contribution in [-0.2, 0) is 19.3 Å². The number of halogens is 4. The van der Waals surface area contributed by atoms with Crippen molar-refractivity contribution in [3.05, 3.63) is 106 Å². The number of carbonyl (C=O) groups is 1. The lowest BCUT2D eigenvalue weighted by atomic mass is 10.0. The number of aromatic nitrogens is 1. The topological polar surface area (TPSA) is 94.5 Å². The molecular formula is C26H22F4N4O2. The van der Waals surface area contributed by atoms with Crippen molar-refractivity contribution >= 4 is 11.5 Å². The smallest absolute Gasteiger partial charge is 0.416 e. The van der Waals surface area contributed by atoms with E-state index in [0.29, 0.717) is 23.4 Å². The number of ether oxygens (including phenoxy) is 1. The molecule has 0 saturated carbocycles. The summed E-state index contributed by atoms with van der Waals surface area (Å²) in [5, 5.41) is 0. The number of hydrogen-bond acceptors (Lipinski definition) is 5. The number of fused-ring (bicyclic) bond motifs is 1. The Morgan fingerprint density at radius 1 is 1.17 bits per heavy atom. The minimum atomic E-state index is -4.69. The summed E-state index contributed by atoms with van der Waals surface area (Å²) in [4.78, 5) is 18.7. The van der Waals surface area contributed by atoms with Gasteiger partial charge in [-0.05, 0) is 59.5 Å². The summed E-state index contributed by atoms with van der Waals surface area (Å²) in [6.07, 6.45) is -0.0818. The Kier molecular flexibility index (Phi) is 6.69. The van der Waals surface area contributed by atoms with Crippen LogP contribution in [0, 0.1) is 5.82 Å². The van der Waals surface area contributed by atoms with Crippen LogP contribution in [0.3, 0.4) is 0 Å². The van der Waals surface area contributed by atoms with Crippen LogP contribution >= 0.6 is 0 Å². The highest BCUT2D eigenvalue weighted by Crippen LogP contribution is 2.36.